The van der Waals surface area contributed by atoms with Crippen molar-refractivity contribution < 1.29 is 4.42 Å². The minimum atomic E-state index is 0.0176. The van der Waals surface area contributed by atoms with Gasteiger partial charge in [0.25, 0.3) is 0 Å². The Balaban J connectivity index is 0.000000109. The maximum atomic E-state index is 6.20. The molecule has 0 unspecified atom stereocenters. The van der Waals surface area contributed by atoms with Gasteiger partial charge in [0.2, 0.25) is 20.1 Å². The number of anilines is 9. The molecule has 3 aliphatic rings. The fourth-order valence-electron chi connectivity index (χ4n) is 22.8. The molecule has 28 rings (SSSR count). The van der Waals surface area contributed by atoms with Crippen LogP contribution in [0, 0.1) is 0 Å². The molecule has 0 spiro atoms. The normalized spacial score (nSPS) is 12.3. The molecule has 0 atom stereocenters. The third-order valence-electron chi connectivity index (χ3n) is 28.8. The largest absolute Gasteiger partial charge is 0.456 e. The minimum absolute atomic E-state index is 0.0176. The number of furan rings is 1. The molecule has 141 heavy (non-hydrogen) atoms. The SMILES string of the molecule is c1ccc(-c2cccc(-c3ccccc3)c2B2c3ccccc3N(c3ccc4c(c3)c3ccccc3n4-c3ccccc3)c3ccccc32)cc1.c1ccc(-c2cccc(-c3ccccc3)c2B2c3ccccc3N(c3ccc4oc5ccccc5c4c3)c3ccccc32)cc1.c1ccc(-c2cccc(-c3ccccc3)c2B2c3ccccc3N(c3ccc4sc5ccccc5c4c3)c3ccccc32)cc1. The summed E-state index contributed by atoms with van der Waals surface area (Å²) >= 11 is 1.87. The van der Waals surface area contributed by atoms with Crippen LogP contribution in [0.5, 0.6) is 0 Å². The molecule has 3 aromatic heterocycles. The molecule has 0 amide bonds. The number of benzene rings is 22. The van der Waals surface area contributed by atoms with Crippen LogP contribution >= 0.6 is 11.3 Å². The lowest BCUT2D eigenvalue weighted by atomic mass is 9.33. The van der Waals surface area contributed by atoms with Gasteiger partial charge in [-0.05, 0) is 221 Å². The topological polar surface area (TPSA) is 27.8 Å². The van der Waals surface area contributed by atoms with Crippen molar-refractivity contribution in [2.75, 3.05) is 14.7 Å². The zero-order valence-corrected chi connectivity index (χ0v) is 78.0. The van der Waals surface area contributed by atoms with Crippen molar-refractivity contribution in [1.29, 1.82) is 0 Å². The molecular weight excluding hydrogens is 1720 g/mol. The van der Waals surface area contributed by atoms with Crippen LogP contribution in [-0.2, 0) is 0 Å². The molecule has 0 aliphatic carbocycles. The highest BCUT2D eigenvalue weighted by atomic mass is 32.1. The van der Waals surface area contributed by atoms with Crippen molar-refractivity contribution >= 4 is 196 Å². The second-order valence-corrected chi connectivity index (χ2v) is 37.7. The monoisotopic (exact) mass is 1810 g/mol. The van der Waals surface area contributed by atoms with Crippen LogP contribution in [0.1, 0.15) is 0 Å². The van der Waals surface area contributed by atoms with Gasteiger partial charge < -0.3 is 23.7 Å². The van der Waals surface area contributed by atoms with Crippen LogP contribution in [0.4, 0.5) is 51.2 Å². The summed E-state index contributed by atoms with van der Waals surface area (Å²) in [5.41, 5.74) is 42.8. The summed E-state index contributed by atoms with van der Waals surface area (Å²) in [6.07, 6.45) is 0. The van der Waals surface area contributed by atoms with E-state index in [4.69, 9.17) is 4.42 Å². The van der Waals surface area contributed by atoms with Gasteiger partial charge in [-0.3, -0.25) is 0 Å². The second kappa shape index (κ2) is 36.1. The Morgan fingerprint density at radius 2 is 0.440 bits per heavy atom. The average molecular weight is 1810 g/mol. The van der Waals surface area contributed by atoms with Gasteiger partial charge in [-0.1, -0.05) is 435 Å². The lowest BCUT2D eigenvalue weighted by molar-refractivity contribution is 0.669. The third-order valence-corrected chi connectivity index (χ3v) is 29.9. The molecule has 658 valence electrons. The van der Waals surface area contributed by atoms with E-state index >= 15 is 0 Å². The quantitative estimate of drug-likeness (QED) is 0.108. The van der Waals surface area contributed by atoms with Crippen molar-refractivity contribution in [3.8, 4) is 72.4 Å². The lowest BCUT2D eigenvalue weighted by Gasteiger charge is -2.38. The molecule has 3 aliphatic heterocycles. The summed E-state index contributed by atoms with van der Waals surface area (Å²) in [6, 6.07) is 196. The molecule has 9 heteroatoms. The predicted molar refractivity (Wildman–Crippen MR) is 604 cm³/mol. The number of fused-ring (bicyclic) bond motifs is 15. The van der Waals surface area contributed by atoms with Gasteiger partial charge in [0.05, 0.1) is 11.0 Å². The second-order valence-electron chi connectivity index (χ2n) is 36.6. The number of nitrogens with zero attached hydrogens (tertiary/aromatic N) is 4. The summed E-state index contributed by atoms with van der Waals surface area (Å²) < 4.78 is 11.2. The highest BCUT2D eigenvalue weighted by Crippen LogP contribution is 2.47. The van der Waals surface area contributed by atoms with E-state index in [1.165, 1.54) is 203 Å². The molecule has 25 aromatic rings. The average Bonchev–Trinajstić information content (AvgIpc) is 1.67. The molecule has 0 saturated carbocycles. The first kappa shape index (κ1) is 83.8. The van der Waals surface area contributed by atoms with Crippen LogP contribution < -0.4 is 63.9 Å². The van der Waals surface area contributed by atoms with E-state index in [0.717, 1.165) is 33.3 Å². The predicted octanol–water partition coefficient (Wildman–Crippen LogP) is 29.3. The van der Waals surface area contributed by atoms with Gasteiger partial charge in [-0.15, -0.1) is 11.3 Å². The van der Waals surface area contributed by atoms with E-state index in [0.29, 0.717) is 0 Å². The molecule has 6 heterocycles. The van der Waals surface area contributed by atoms with Crippen LogP contribution in [0.25, 0.3) is 136 Å². The Kier molecular flexibility index (Phi) is 21.4. The Bertz CT molecular complexity index is 8390. The molecule has 5 nitrogen and oxygen atoms in total. The van der Waals surface area contributed by atoms with Crippen LogP contribution in [-0.4, -0.2) is 24.7 Å². The third kappa shape index (κ3) is 14.7. The summed E-state index contributed by atoms with van der Waals surface area (Å²) in [5, 5.41) is 7.38. The number of hydrogen-bond donors (Lipinski definition) is 0. The number of para-hydroxylation sites is 9. The Labute approximate surface area is 825 Å². The van der Waals surface area contributed by atoms with Gasteiger partial charge in [-0.25, -0.2) is 0 Å². The number of thiophene rings is 1. The molecule has 0 saturated heterocycles. The van der Waals surface area contributed by atoms with Gasteiger partial charge in [0.1, 0.15) is 11.2 Å². The van der Waals surface area contributed by atoms with Crippen LogP contribution in [0.15, 0.2) is 544 Å². The Morgan fingerprint density at radius 1 is 0.170 bits per heavy atom. The summed E-state index contributed by atoms with van der Waals surface area (Å²) in [7, 11) is 0. The zero-order valence-electron chi connectivity index (χ0n) is 77.2. The fraction of sp³-hybridized carbons (Fsp3) is 0. The Hall–Kier alpha value is -17.7. The lowest BCUT2D eigenvalue weighted by Crippen LogP contribution is -2.58. The maximum Gasteiger partial charge on any atom is 0.248 e. The van der Waals surface area contributed by atoms with Crippen molar-refractivity contribution in [3.05, 3.63) is 540 Å². The van der Waals surface area contributed by atoms with E-state index in [1.807, 2.05) is 23.5 Å². The van der Waals surface area contributed by atoms with Gasteiger partial charge in [0, 0.05) is 98.6 Å². The molecular formula is C132H89B3N4OS. The first-order valence-corrected chi connectivity index (χ1v) is 49.4. The summed E-state index contributed by atoms with van der Waals surface area (Å²) in [4.78, 5) is 7.37. The van der Waals surface area contributed by atoms with E-state index in [2.05, 4.69) is 547 Å². The van der Waals surface area contributed by atoms with Crippen LogP contribution in [0.3, 0.4) is 0 Å². The highest BCUT2D eigenvalue weighted by Gasteiger charge is 2.42. The minimum Gasteiger partial charge on any atom is -0.456 e. The number of rotatable bonds is 13. The van der Waals surface area contributed by atoms with E-state index < -0.39 is 0 Å². The van der Waals surface area contributed by atoms with Crippen molar-refractivity contribution in [2.24, 2.45) is 0 Å². The summed E-state index contributed by atoms with van der Waals surface area (Å²) in [6.45, 7) is 0.0914. The number of hydrogen-bond acceptors (Lipinski definition) is 5. The van der Waals surface area contributed by atoms with Crippen molar-refractivity contribution in [2.45, 2.75) is 0 Å². The first-order chi connectivity index (χ1) is 70.0. The fourth-order valence-corrected chi connectivity index (χ4v) is 23.9. The molecule has 0 N–H and O–H groups in total. The Morgan fingerprint density at radius 3 is 0.823 bits per heavy atom. The maximum absolute atomic E-state index is 6.20. The zero-order chi connectivity index (χ0) is 93.2. The van der Waals surface area contributed by atoms with Gasteiger partial charge in [0.15, 0.2) is 0 Å². The van der Waals surface area contributed by atoms with Crippen molar-refractivity contribution in [1.82, 2.24) is 4.57 Å². The molecule has 0 fully saturated rings. The standard InChI is InChI=1S/C48H33BN2.C42H28BNO.C42H28BNS/c1-4-17-34(18-5-1)38-24-16-25-39(35-19-6-2-7-20-35)48(38)49-42-26-11-14-29-46(42)51(47-30-15-12-27-43(47)49)37-31-32-45-41(33-37)40-23-10-13-28-44(40)50(45)36-21-8-3-9-22-36;2*1-3-14-29(15-4-1)32-19-13-20-33(30-16-5-2-6-17-30)42(32)43-36-21-8-10-23-38(36)44(39-24-11-9-22-37(39)43)31-26-27-41-35(28-31)34-18-7-12-25-40(34)45-41/h1-33H;2*1-28H. The van der Waals surface area contributed by atoms with Gasteiger partial charge in [-0.2, -0.15) is 0 Å². The van der Waals surface area contributed by atoms with E-state index in [9.17, 15) is 0 Å². The highest BCUT2D eigenvalue weighted by molar-refractivity contribution is 7.25. The molecule has 0 radical (unpaired) electrons. The molecule has 0 bridgehead atoms. The van der Waals surface area contributed by atoms with Crippen molar-refractivity contribution in [3.63, 3.8) is 0 Å². The number of aromatic nitrogens is 1. The van der Waals surface area contributed by atoms with E-state index in [-0.39, 0.29) is 20.1 Å². The summed E-state index contributed by atoms with van der Waals surface area (Å²) in [5.74, 6) is 0. The molecule has 22 aromatic carbocycles. The first-order valence-electron chi connectivity index (χ1n) is 48.6. The smallest absolute Gasteiger partial charge is 0.248 e. The van der Waals surface area contributed by atoms with Gasteiger partial charge >= 0.3 is 0 Å². The van der Waals surface area contributed by atoms with Crippen LogP contribution in [0.2, 0.25) is 0 Å². The van der Waals surface area contributed by atoms with E-state index in [1.54, 1.807) is 0 Å².